The fourth-order valence-electron chi connectivity index (χ4n) is 4.13. The van der Waals surface area contributed by atoms with E-state index in [0.717, 1.165) is 19.4 Å². The molecule has 1 aliphatic carbocycles. The van der Waals surface area contributed by atoms with E-state index in [1.54, 1.807) is 36.7 Å². The van der Waals surface area contributed by atoms with E-state index < -0.39 is 30.4 Å². The number of benzene rings is 1. The van der Waals surface area contributed by atoms with Crippen LogP contribution in [0.4, 0.5) is 0 Å². The van der Waals surface area contributed by atoms with Gasteiger partial charge in [-0.2, -0.15) is 5.10 Å². The average Bonchev–Trinajstić information content (AvgIpc) is 3.67. The summed E-state index contributed by atoms with van der Waals surface area (Å²) in [5, 5.41) is 18.3. The SMILES string of the molecule is Cl.NN=CN1CCC[C@@H](CNC(=O)C[C@H](NC(=O)c2ccccc2)C(=O)N(CC(=O)O)C2CC2)C1. The number of likely N-dealkylation sites (tertiary alicyclic amines) is 1. The van der Waals surface area contributed by atoms with Crippen LogP contribution in [0.1, 0.15) is 42.5 Å². The fourth-order valence-corrected chi connectivity index (χ4v) is 4.13. The Morgan fingerprint density at radius 1 is 1.20 bits per heavy atom. The number of piperidine rings is 1. The summed E-state index contributed by atoms with van der Waals surface area (Å²) in [5.41, 5.74) is 0.348. The van der Waals surface area contributed by atoms with Gasteiger partial charge in [-0.1, -0.05) is 18.2 Å². The van der Waals surface area contributed by atoms with Gasteiger partial charge >= 0.3 is 5.97 Å². The number of carboxylic acids is 1. The number of carbonyl (C=O) groups is 4. The van der Waals surface area contributed by atoms with E-state index in [0.29, 0.717) is 31.5 Å². The Kier molecular flexibility index (Phi) is 10.8. The molecule has 1 saturated carbocycles. The minimum atomic E-state index is -1.17. The highest BCUT2D eigenvalue weighted by molar-refractivity contribution is 5.99. The number of nitrogens with two attached hydrogens (primary N) is 1. The molecule has 35 heavy (non-hydrogen) atoms. The monoisotopic (exact) mass is 508 g/mol. The zero-order chi connectivity index (χ0) is 24.5. The Bertz CT molecular complexity index is 911. The Labute approximate surface area is 210 Å². The van der Waals surface area contributed by atoms with E-state index >= 15 is 0 Å². The molecule has 0 aromatic heterocycles. The number of hydrazone groups is 1. The molecule has 0 spiro atoms. The van der Waals surface area contributed by atoms with Crippen molar-refractivity contribution in [2.24, 2.45) is 16.9 Å². The predicted octanol–water partition coefficient (Wildman–Crippen LogP) is 0.403. The molecule has 12 heteroatoms. The molecule has 1 aliphatic heterocycles. The molecule has 11 nitrogen and oxygen atoms in total. The lowest BCUT2D eigenvalue weighted by Crippen LogP contribution is -2.52. The van der Waals surface area contributed by atoms with E-state index in [4.69, 9.17) is 5.84 Å². The molecule has 0 unspecified atom stereocenters. The number of halogens is 1. The van der Waals surface area contributed by atoms with E-state index in [2.05, 4.69) is 15.7 Å². The van der Waals surface area contributed by atoms with Crippen LogP contribution in [0.15, 0.2) is 35.4 Å². The molecule has 0 bridgehead atoms. The summed E-state index contributed by atoms with van der Waals surface area (Å²) < 4.78 is 0. The van der Waals surface area contributed by atoms with Crippen molar-refractivity contribution >= 4 is 42.4 Å². The zero-order valence-electron chi connectivity index (χ0n) is 19.5. The smallest absolute Gasteiger partial charge is 0.323 e. The highest BCUT2D eigenvalue weighted by Crippen LogP contribution is 2.27. The number of rotatable bonds is 11. The quantitative estimate of drug-likeness (QED) is 0.146. The number of carboxylic acid groups (broad SMARTS) is 1. The summed E-state index contributed by atoms with van der Waals surface area (Å²) in [6, 6.07) is 7.02. The first kappa shape index (κ1) is 27.9. The van der Waals surface area contributed by atoms with Crippen LogP contribution in [0, 0.1) is 5.92 Å². The normalized spacial score (nSPS) is 18.3. The molecule has 1 saturated heterocycles. The molecular weight excluding hydrogens is 476 g/mol. The molecule has 1 aromatic rings. The van der Waals surface area contributed by atoms with Crippen molar-refractivity contribution in [2.45, 2.75) is 44.2 Å². The summed E-state index contributed by atoms with van der Waals surface area (Å²) >= 11 is 0. The second-order valence-corrected chi connectivity index (χ2v) is 8.76. The van der Waals surface area contributed by atoms with Crippen molar-refractivity contribution in [2.75, 3.05) is 26.2 Å². The van der Waals surface area contributed by atoms with Crippen LogP contribution in [0.3, 0.4) is 0 Å². The summed E-state index contributed by atoms with van der Waals surface area (Å²) in [4.78, 5) is 53.2. The second kappa shape index (κ2) is 13.5. The molecule has 0 radical (unpaired) electrons. The Morgan fingerprint density at radius 2 is 1.91 bits per heavy atom. The van der Waals surface area contributed by atoms with E-state index in [1.165, 1.54) is 4.90 Å². The third-order valence-electron chi connectivity index (χ3n) is 5.97. The van der Waals surface area contributed by atoms with Crippen LogP contribution < -0.4 is 16.5 Å². The average molecular weight is 509 g/mol. The van der Waals surface area contributed by atoms with E-state index in [9.17, 15) is 24.3 Å². The maximum absolute atomic E-state index is 13.2. The minimum Gasteiger partial charge on any atom is -0.480 e. The molecule has 192 valence electrons. The lowest BCUT2D eigenvalue weighted by atomic mass is 9.98. The van der Waals surface area contributed by atoms with Crippen molar-refractivity contribution in [1.29, 1.82) is 0 Å². The van der Waals surface area contributed by atoms with Crippen LogP contribution in [0.5, 0.6) is 0 Å². The highest BCUT2D eigenvalue weighted by Gasteiger charge is 2.38. The maximum atomic E-state index is 13.2. The van der Waals surface area contributed by atoms with Crippen molar-refractivity contribution in [3.63, 3.8) is 0 Å². The molecule has 3 amide bonds. The summed E-state index contributed by atoms with van der Waals surface area (Å²) in [6.07, 6.45) is 4.60. The number of aliphatic carboxylic acids is 1. The number of nitrogens with zero attached hydrogens (tertiary/aromatic N) is 3. The van der Waals surface area contributed by atoms with E-state index in [1.807, 2.05) is 4.90 Å². The van der Waals surface area contributed by atoms with Gasteiger partial charge in [0.25, 0.3) is 5.91 Å². The number of hydrogen-bond acceptors (Lipinski definition) is 6. The molecule has 5 N–H and O–H groups in total. The van der Waals surface area contributed by atoms with Gasteiger partial charge in [-0.3, -0.25) is 19.2 Å². The zero-order valence-corrected chi connectivity index (χ0v) is 20.3. The molecule has 1 heterocycles. The standard InChI is InChI=1S/C23H32N6O5.ClH/c24-26-15-28-10-4-5-16(13-28)12-25-20(30)11-19(27-22(33)17-6-2-1-3-7-17)23(34)29(14-21(31)32)18-8-9-18;/h1-3,6-7,15-16,18-19H,4-5,8-14,24H2,(H,25,30)(H,27,33)(H,31,32);1H/t16-,19-;/m0./s1. The molecular formula is C23H33ClN6O5. The third-order valence-corrected chi connectivity index (χ3v) is 5.97. The van der Waals surface area contributed by atoms with Crippen molar-refractivity contribution in [3.8, 4) is 0 Å². The summed E-state index contributed by atoms with van der Waals surface area (Å²) in [5.74, 6) is 2.84. The van der Waals surface area contributed by atoms with Gasteiger partial charge in [-0.15, -0.1) is 12.4 Å². The lowest BCUT2D eigenvalue weighted by Gasteiger charge is -2.31. The third kappa shape index (κ3) is 8.75. The molecule has 2 fully saturated rings. The van der Waals surface area contributed by atoms with Gasteiger partial charge in [0.2, 0.25) is 11.8 Å². The van der Waals surface area contributed by atoms with Gasteiger partial charge in [0.15, 0.2) is 0 Å². The number of hydrogen-bond donors (Lipinski definition) is 4. The van der Waals surface area contributed by atoms with Gasteiger partial charge in [-0.05, 0) is 43.7 Å². The van der Waals surface area contributed by atoms with Crippen molar-refractivity contribution < 1.29 is 24.3 Å². The first-order valence-electron chi connectivity index (χ1n) is 11.5. The molecule has 3 rings (SSSR count). The van der Waals surface area contributed by atoms with Crippen molar-refractivity contribution in [3.05, 3.63) is 35.9 Å². The fraction of sp³-hybridized carbons (Fsp3) is 0.522. The summed E-state index contributed by atoms with van der Waals surface area (Å²) in [6.45, 7) is 1.52. The van der Waals surface area contributed by atoms with Crippen LogP contribution in [-0.4, -0.2) is 83.2 Å². The maximum Gasteiger partial charge on any atom is 0.323 e. The molecule has 2 aliphatic rings. The van der Waals surface area contributed by atoms with Crippen LogP contribution >= 0.6 is 12.4 Å². The highest BCUT2D eigenvalue weighted by atomic mass is 35.5. The van der Waals surface area contributed by atoms with Crippen LogP contribution in [-0.2, 0) is 14.4 Å². The second-order valence-electron chi connectivity index (χ2n) is 8.76. The number of nitrogens with one attached hydrogen (secondary N) is 2. The summed E-state index contributed by atoms with van der Waals surface area (Å²) in [7, 11) is 0. The first-order chi connectivity index (χ1) is 16.4. The first-order valence-corrected chi connectivity index (χ1v) is 11.5. The van der Waals surface area contributed by atoms with Gasteiger partial charge in [0.05, 0.1) is 6.42 Å². The van der Waals surface area contributed by atoms with Gasteiger partial charge < -0.3 is 31.4 Å². The molecule has 1 aromatic carbocycles. The van der Waals surface area contributed by atoms with Gasteiger partial charge in [0, 0.05) is 31.2 Å². The van der Waals surface area contributed by atoms with E-state index in [-0.39, 0.29) is 36.7 Å². The van der Waals surface area contributed by atoms with Crippen molar-refractivity contribution in [1.82, 2.24) is 20.4 Å². The Hall–Kier alpha value is -3.34. The minimum absolute atomic E-state index is 0. The van der Waals surface area contributed by atoms with Gasteiger partial charge in [0.1, 0.15) is 18.9 Å². The van der Waals surface area contributed by atoms with Crippen LogP contribution in [0.25, 0.3) is 0 Å². The largest absolute Gasteiger partial charge is 0.480 e. The topological polar surface area (TPSA) is 157 Å². The lowest BCUT2D eigenvalue weighted by molar-refractivity contribution is -0.146. The number of carbonyl (C=O) groups excluding carboxylic acids is 3. The van der Waals surface area contributed by atoms with Crippen LogP contribution in [0.2, 0.25) is 0 Å². The number of amides is 3. The Balaban J connectivity index is 0.00000432. The van der Waals surface area contributed by atoms with Gasteiger partial charge in [-0.25, -0.2) is 0 Å². The molecule has 2 atom stereocenters. The predicted molar refractivity (Wildman–Crippen MR) is 132 cm³/mol. The Morgan fingerprint density at radius 3 is 2.54 bits per heavy atom.